The predicted molar refractivity (Wildman–Crippen MR) is 76.0 cm³/mol. The molecule has 0 aliphatic rings. The summed E-state index contributed by atoms with van der Waals surface area (Å²) in [5.74, 6) is -0.221. The summed E-state index contributed by atoms with van der Waals surface area (Å²) in [5.41, 5.74) is 7.48. The Morgan fingerprint density at radius 1 is 1.42 bits per heavy atom. The highest BCUT2D eigenvalue weighted by molar-refractivity contribution is 7.10. The van der Waals surface area contributed by atoms with E-state index in [0.29, 0.717) is 5.69 Å². The van der Waals surface area contributed by atoms with Crippen molar-refractivity contribution in [3.05, 3.63) is 46.8 Å². The van der Waals surface area contributed by atoms with Crippen LogP contribution in [-0.2, 0) is 4.79 Å². The lowest BCUT2D eigenvalue weighted by atomic mass is 10.2. The summed E-state index contributed by atoms with van der Waals surface area (Å²) in [7, 11) is 0. The number of H-pyrrole nitrogens is 1. The summed E-state index contributed by atoms with van der Waals surface area (Å²) in [6.07, 6.45) is 1.73. The molecule has 1 unspecified atom stereocenters. The van der Waals surface area contributed by atoms with Gasteiger partial charge in [0.15, 0.2) is 0 Å². The maximum atomic E-state index is 12.0. The molecule has 0 aliphatic carbocycles. The Bertz CT molecular complexity index is 704. The normalized spacial score (nSPS) is 12.5. The monoisotopic (exact) mass is 272 g/mol. The molecule has 5 nitrogen and oxygen atoms in total. The number of aromatic nitrogens is 2. The first-order valence-corrected chi connectivity index (χ1v) is 6.65. The number of amides is 1. The lowest BCUT2D eigenvalue weighted by molar-refractivity contribution is -0.117. The number of benzene rings is 1. The minimum Gasteiger partial charge on any atom is -0.324 e. The number of hydrogen-bond donors (Lipinski definition) is 3. The number of carbonyl (C=O) groups excluding carboxylic acids is 1. The van der Waals surface area contributed by atoms with Crippen LogP contribution in [0.15, 0.2) is 41.9 Å². The van der Waals surface area contributed by atoms with Crippen LogP contribution >= 0.6 is 11.3 Å². The van der Waals surface area contributed by atoms with Gasteiger partial charge >= 0.3 is 0 Å². The number of thiophene rings is 1. The third-order valence-corrected chi connectivity index (χ3v) is 3.80. The van der Waals surface area contributed by atoms with E-state index >= 15 is 0 Å². The molecule has 2 heterocycles. The minimum absolute atomic E-state index is 0.221. The minimum atomic E-state index is -0.641. The van der Waals surface area contributed by atoms with Crippen LogP contribution in [0.5, 0.6) is 0 Å². The molecule has 0 saturated heterocycles. The van der Waals surface area contributed by atoms with E-state index < -0.39 is 6.04 Å². The Morgan fingerprint density at radius 3 is 3.11 bits per heavy atom. The van der Waals surface area contributed by atoms with Gasteiger partial charge in [0.2, 0.25) is 5.91 Å². The van der Waals surface area contributed by atoms with E-state index in [1.807, 2.05) is 35.7 Å². The van der Waals surface area contributed by atoms with Gasteiger partial charge in [-0.3, -0.25) is 9.89 Å². The molecular weight excluding hydrogens is 260 g/mol. The first-order chi connectivity index (χ1) is 9.24. The molecule has 19 heavy (non-hydrogen) atoms. The van der Waals surface area contributed by atoms with E-state index in [2.05, 4.69) is 15.5 Å². The van der Waals surface area contributed by atoms with E-state index in [4.69, 9.17) is 5.73 Å². The van der Waals surface area contributed by atoms with E-state index in [-0.39, 0.29) is 5.91 Å². The average Bonchev–Trinajstić information content (AvgIpc) is 3.08. The van der Waals surface area contributed by atoms with Gasteiger partial charge in [0, 0.05) is 16.0 Å². The molecule has 96 valence electrons. The second-order valence-electron chi connectivity index (χ2n) is 4.15. The van der Waals surface area contributed by atoms with Crippen molar-refractivity contribution >= 4 is 33.8 Å². The van der Waals surface area contributed by atoms with E-state index in [1.165, 1.54) is 11.3 Å². The van der Waals surface area contributed by atoms with E-state index in [1.54, 1.807) is 6.20 Å². The van der Waals surface area contributed by atoms with E-state index in [9.17, 15) is 4.79 Å². The zero-order valence-electron chi connectivity index (χ0n) is 9.96. The van der Waals surface area contributed by atoms with Gasteiger partial charge in [-0.25, -0.2) is 0 Å². The van der Waals surface area contributed by atoms with Crippen molar-refractivity contribution in [2.45, 2.75) is 6.04 Å². The van der Waals surface area contributed by atoms with Gasteiger partial charge in [0.25, 0.3) is 0 Å². The highest BCUT2D eigenvalue weighted by Gasteiger charge is 2.16. The summed E-state index contributed by atoms with van der Waals surface area (Å²) in [6.45, 7) is 0. The molecule has 0 fully saturated rings. The number of carbonyl (C=O) groups is 1. The summed E-state index contributed by atoms with van der Waals surface area (Å²) >= 11 is 1.47. The SMILES string of the molecule is NC(C(=O)Nc1ccc2cn[nH]c2c1)c1cccs1. The molecule has 1 aromatic carbocycles. The van der Waals surface area contributed by atoms with Gasteiger partial charge in [-0.05, 0) is 29.6 Å². The topological polar surface area (TPSA) is 83.8 Å². The molecule has 0 spiro atoms. The molecule has 0 bridgehead atoms. The number of anilines is 1. The van der Waals surface area contributed by atoms with Gasteiger partial charge in [-0.15, -0.1) is 11.3 Å². The van der Waals surface area contributed by atoms with Gasteiger partial charge in [-0.1, -0.05) is 6.07 Å². The zero-order valence-corrected chi connectivity index (χ0v) is 10.8. The van der Waals surface area contributed by atoms with Gasteiger partial charge in [0.05, 0.1) is 11.7 Å². The Hall–Kier alpha value is -2.18. The van der Waals surface area contributed by atoms with E-state index in [0.717, 1.165) is 15.8 Å². The van der Waals surface area contributed by atoms with Crippen LogP contribution in [0.25, 0.3) is 10.9 Å². The summed E-state index contributed by atoms with van der Waals surface area (Å²) < 4.78 is 0. The summed E-state index contributed by atoms with van der Waals surface area (Å²) in [6, 6.07) is 8.65. The van der Waals surface area contributed by atoms with Crippen molar-refractivity contribution in [1.29, 1.82) is 0 Å². The summed E-state index contributed by atoms with van der Waals surface area (Å²) in [4.78, 5) is 12.9. The Morgan fingerprint density at radius 2 is 2.32 bits per heavy atom. The highest BCUT2D eigenvalue weighted by Crippen LogP contribution is 2.20. The van der Waals surface area contributed by atoms with Crippen molar-refractivity contribution in [3.63, 3.8) is 0 Å². The molecule has 0 aliphatic heterocycles. The van der Waals surface area contributed by atoms with Crippen LogP contribution in [0.4, 0.5) is 5.69 Å². The molecule has 3 rings (SSSR count). The third kappa shape index (κ3) is 2.35. The maximum Gasteiger partial charge on any atom is 0.246 e. The van der Waals surface area contributed by atoms with Crippen LogP contribution in [0.3, 0.4) is 0 Å². The number of nitrogens with two attached hydrogens (primary N) is 1. The smallest absolute Gasteiger partial charge is 0.246 e. The second-order valence-corrected chi connectivity index (χ2v) is 5.13. The number of rotatable bonds is 3. The third-order valence-electron chi connectivity index (χ3n) is 2.84. The highest BCUT2D eigenvalue weighted by atomic mass is 32.1. The fraction of sp³-hybridized carbons (Fsp3) is 0.0769. The number of fused-ring (bicyclic) bond motifs is 1. The molecule has 4 N–H and O–H groups in total. The molecular formula is C13H12N4OS. The molecule has 6 heteroatoms. The standard InChI is InChI=1S/C13H12N4OS/c14-12(11-2-1-5-19-11)13(18)16-9-4-3-8-7-15-17-10(8)6-9/h1-7,12H,14H2,(H,15,17)(H,16,18). The Kier molecular flexibility index (Phi) is 3.02. The maximum absolute atomic E-state index is 12.0. The van der Waals surface area contributed by atoms with Crippen LogP contribution in [-0.4, -0.2) is 16.1 Å². The molecule has 2 aromatic heterocycles. The van der Waals surface area contributed by atoms with Crippen molar-refractivity contribution in [1.82, 2.24) is 10.2 Å². The molecule has 0 saturated carbocycles. The molecule has 1 atom stereocenters. The number of hydrogen-bond acceptors (Lipinski definition) is 4. The van der Waals surface area contributed by atoms with Gasteiger partial charge < -0.3 is 11.1 Å². The molecule has 0 radical (unpaired) electrons. The second kappa shape index (κ2) is 4.83. The van der Waals surface area contributed by atoms with Crippen LogP contribution in [0.1, 0.15) is 10.9 Å². The fourth-order valence-corrected chi connectivity index (χ4v) is 2.56. The van der Waals surface area contributed by atoms with Crippen LogP contribution < -0.4 is 11.1 Å². The van der Waals surface area contributed by atoms with Crippen molar-refractivity contribution in [2.24, 2.45) is 5.73 Å². The van der Waals surface area contributed by atoms with Crippen molar-refractivity contribution in [3.8, 4) is 0 Å². The van der Waals surface area contributed by atoms with Crippen LogP contribution in [0.2, 0.25) is 0 Å². The summed E-state index contributed by atoms with van der Waals surface area (Å²) in [5, 5.41) is 12.5. The Labute approximate surface area is 113 Å². The number of aromatic amines is 1. The van der Waals surface area contributed by atoms with Crippen molar-refractivity contribution < 1.29 is 4.79 Å². The quantitative estimate of drug-likeness (QED) is 0.683. The van der Waals surface area contributed by atoms with Gasteiger partial charge in [-0.2, -0.15) is 5.10 Å². The predicted octanol–water partition coefficient (Wildman–Crippen LogP) is 2.26. The zero-order chi connectivity index (χ0) is 13.2. The number of nitrogens with one attached hydrogen (secondary N) is 2. The molecule has 1 amide bonds. The van der Waals surface area contributed by atoms with Crippen LogP contribution in [0, 0.1) is 0 Å². The van der Waals surface area contributed by atoms with Crippen molar-refractivity contribution in [2.75, 3.05) is 5.32 Å². The lowest BCUT2D eigenvalue weighted by Gasteiger charge is -2.10. The lowest BCUT2D eigenvalue weighted by Crippen LogP contribution is -2.26. The largest absolute Gasteiger partial charge is 0.324 e. The first kappa shape index (κ1) is 11.9. The van der Waals surface area contributed by atoms with Gasteiger partial charge in [0.1, 0.15) is 6.04 Å². The molecule has 3 aromatic rings. The first-order valence-electron chi connectivity index (χ1n) is 5.77. The Balaban J connectivity index is 1.78. The number of nitrogens with zero attached hydrogens (tertiary/aromatic N) is 1. The fourth-order valence-electron chi connectivity index (χ4n) is 1.83. The average molecular weight is 272 g/mol.